The maximum atomic E-state index is 10.7. The average molecular weight is 211 g/mol. The molecule has 2 heterocycles. The maximum Gasteiger partial charge on any atom is 0.229 e. The predicted octanol–water partition coefficient (Wildman–Crippen LogP) is 1.90. The van der Waals surface area contributed by atoms with E-state index >= 15 is 0 Å². The normalized spacial score (nSPS) is 15.4. The summed E-state index contributed by atoms with van der Waals surface area (Å²) in [4.78, 5) is 22.7. The van der Waals surface area contributed by atoms with Gasteiger partial charge in [-0.2, -0.15) is 11.3 Å². The van der Waals surface area contributed by atoms with Crippen LogP contribution in [0.15, 0.2) is 22.9 Å². The molecule has 1 aromatic heterocycles. The minimum atomic E-state index is -0.0255. The van der Waals surface area contributed by atoms with Gasteiger partial charge in [-0.3, -0.25) is 14.5 Å². The second-order valence-electron chi connectivity index (χ2n) is 2.82. The van der Waals surface area contributed by atoms with Gasteiger partial charge in [0, 0.05) is 19.4 Å². The van der Waals surface area contributed by atoms with Crippen molar-refractivity contribution in [1.82, 2.24) is 4.90 Å². The van der Waals surface area contributed by atoms with E-state index in [4.69, 9.17) is 0 Å². The number of hydrogen-bond donors (Lipinski definition) is 0. The van der Waals surface area contributed by atoms with Crippen LogP contribution in [-0.2, 0) is 9.59 Å². The molecule has 2 rings (SSSR count). The molecule has 4 heteroatoms. The Bertz CT molecular complexity index is 262. The largest absolute Gasteiger partial charge is 0.283 e. The lowest BCUT2D eigenvalue weighted by Crippen LogP contribution is -2.28. The van der Waals surface area contributed by atoms with Crippen molar-refractivity contribution in [3.8, 4) is 0 Å². The SMILES string of the molecule is CCN1C(=O)CCC1=O.c1ccsc1. The van der Waals surface area contributed by atoms with Crippen molar-refractivity contribution in [2.24, 2.45) is 0 Å². The van der Waals surface area contributed by atoms with Gasteiger partial charge in [-0.15, -0.1) is 0 Å². The zero-order valence-electron chi connectivity index (χ0n) is 8.10. The van der Waals surface area contributed by atoms with Crippen LogP contribution in [0.5, 0.6) is 0 Å². The number of rotatable bonds is 1. The molecule has 1 aromatic rings. The fourth-order valence-corrected chi connectivity index (χ4v) is 1.66. The first-order valence-electron chi connectivity index (χ1n) is 4.56. The molecule has 3 nitrogen and oxygen atoms in total. The molecular weight excluding hydrogens is 198 g/mol. The third-order valence-electron chi connectivity index (χ3n) is 1.90. The monoisotopic (exact) mass is 211 g/mol. The quantitative estimate of drug-likeness (QED) is 0.665. The molecule has 14 heavy (non-hydrogen) atoms. The van der Waals surface area contributed by atoms with Crippen LogP contribution >= 0.6 is 11.3 Å². The average Bonchev–Trinajstić information content (AvgIpc) is 2.80. The summed E-state index contributed by atoms with van der Waals surface area (Å²) in [6.45, 7) is 2.33. The molecule has 2 amide bonds. The first kappa shape index (κ1) is 10.9. The molecular formula is C10H13NO2S. The van der Waals surface area contributed by atoms with Crippen LogP contribution < -0.4 is 0 Å². The molecule has 0 atom stereocenters. The van der Waals surface area contributed by atoms with Crippen LogP contribution in [-0.4, -0.2) is 23.3 Å². The molecule has 0 radical (unpaired) electrons. The summed E-state index contributed by atoms with van der Waals surface area (Å²) >= 11 is 1.71. The molecule has 0 unspecified atom stereocenters. The molecule has 0 aliphatic carbocycles. The number of carbonyl (C=O) groups excluding carboxylic acids is 2. The lowest BCUT2D eigenvalue weighted by molar-refractivity contribution is -0.138. The molecule has 0 N–H and O–H groups in total. The van der Waals surface area contributed by atoms with Crippen molar-refractivity contribution >= 4 is 23.2 Å². The topological polar surface area (TPSA) is 37.4 Å². The number of carbonyl (C=O) groups is 2. The van der Waals surface area contributed by atoms with E-state index in [-0.39, 0.29) is 11.8 Å². The molecule has 0 bridgehead atoms. The van der Waals surface area contributed by atoms with Gasteiger partial charge >= 0.3 is 0 Å². The Morgan fingerprint density at radius 1 is 1.21 bits per heavy atom. The lowest BCUT2D eigenvalue weighted by atomic mass is 10.4. The molecule has 1 saturated heterocycles. The van der Waals surface area contributed by atoms with Crippen molar-refractivity contribution in [1.29, 1.82) is 0 Å². The zero-order valence-corrected chi connectivity index (χ0v) is 8.92. The number of likely N-dealkylation sites (tertiary alicyclic amines) is 1. The molecule has 0 saturated carbocycles. The van der Waals surface area contributed by atoms with E-state index in [9.17, 15) is 9.59 Å². The molecule has 0 spiro atoms. The standard InChI is InChI=1S/C6H9NO2.C4H4S/c1-2-7-5(8)3-4-6(7)9;1-2-4-5-3-1/h2-4H2,1H3;1-4H. The van der Waals surface area contributed by atoms with E-state index in [1.807, 2.05) is 22.9 Å². The van der Waals surface area contributed by atoms with E-state index in [1.54, 1.807) is 18.3 Å². The fourth-order valence-electron chi connectivity index (χ4n) is 1.20. The van der Waals surface area contributed by atoms with E-state index in [0.29, 0.717) is 19.4 Å². The van der Waals surface area contributed by atoms with Gasteiger partial charge in [0.15, 0.2) is 0 Å². The highest BCUT2D eigenvalue weighted by molar-refractivity contribution is 7.07. The highest BCUT2D eigenvalue weighted by Crippen LogP contribution is 2.09. The second-order valence-corrected chi connectivity index (χ2v) is 3.64. The van der Waals surface area contributed by atoms with Crippen molar-refractivity contribution in [2.75, 3.05) is 6.54 Å². The third-order valence-corrected chi connectivity index (χ3v) is 2.52. The third kappa shape index (κ3) is 2.96. The molecule has 76 valence electrons. The molecule has 1 aliphatic rings. The van der Waals surface area contributed by atoms with Gasteiger partial charge in [0.2, 0.25) is 11.8 Å². The smallest absolute Gasteiger partial charge is 0.229 e. The Morgan fingerprint density at radius 2 is 1.71 bits per heavy atom. The van der Waals surface area contributed by atoms with Gasteiger partial charge in [-0.05, 0) is 17.7 Å². The Labute approximate surface area is 87.3 Å². The van der Waals surface area contributed by atoms with Crippen LogP contribution in [0.2, 0.25) is 0 Å². The fraction of sp³-hybridized carbons (Fsp3) is 0.400. The van der Waals surface area contributed by atoms with Gasteiger partial charge in [0.1, 0.15) is 0 Å². The summed E-state index contributed by atoms with van der Waals surface area (Å²) in [5.74, 6) is -0.0509. The van der Waals surface area contributed by atoms with Crippen LogP contribution in [0.4, 0.5) is 0 Å². The van der Waals surface area contributed by atoms with E-state index in [0.717, 1.165) is 0 Å². The second kappa shape index (κ2) is 5.54. The minimum Gasteiger partial charge on any atom is -0.283 e. The molecule has 0 aromatic carbocycles. The Balaban J connectivity index is 0.000000165. The highest BCUT2D eigenvalue weighted by atomic mass is 32.1. The van der Waals surface area contributed by atoms with Gasteiger partial charge in [-0.1, -0.05) is 12.1 Å². The highest BCUT2D eigenvalue weighted by Gasteiger charge is 2.26. The summed E-state index contributed by atoms with van der Waals surface area (Å²) < 4.78 is 0. The maximum absolute atomic E-state index is 10.7. The first-order valence-corrected chi connectivity index (χ1v) is 5.50. The summed E-state index contributed by atoms with van der Waals surface area (Å²) in [5.41, 5.74) is 0. The van der Waals surface area contributed by atoms with E-state index < -0.39 is 0 Å². The van der Waals surface area contributed by atoms with Crippen LogP contribution in [0.3, 0.4) is 0 Å². The number of imide groups is 1. The van der Waals surface area contributed by atoms with Gasteiger partial charge in [-0.25, -0.2) is 0 Å². The lowest BCUT2D eigenvalue weighted by Gasteiger charge is -2.08. The Morgan fingerprint density at radius 3 is 1.93 bits per heavy atom. The Kier molecular flexibility index (Phi) is 4.32. The van der Waals surface area contributed by atoms with Crippen LogP contribution in [0.25, 0.3) is 0 Å². The number of amides is 2. The molecule has 1 aliphatic heterocycles. The van der Waals surface area contributed by atoms with Crippen LogP contribution in [0.1, 0.15) is 19.8 Å². The summed E-state index contributed by atoms with van der Waals surface area (Å²) in [7, 11) is 0. The van der Waals surface area contributed by atoms with Gasteiger partial charge < -0.3 is 0 Å². The first-order chi connectivity index (χ1) is 6.75. The Hall–Kier alpha value is -1.16. The van der Waals surface area contributed by atoms with Crippen molar-refractivity contribution < 1.29 is 9.59 Å². The summed E-state index contributed by atoms with van der Waals surface area (Å²) in [6, 6.07) is 4.04. The number of hydrogen-bond acceptors (Lipinski definition) is 3. The van der Waals surface area contributed by atoms with Crippen molar-refractivity contribution in [3.63, 3.8) is 0 Å². The van der Waals surface area contributed by atoms with Gasteiger partial charge in [0.05, 0.1) is 0 Å². The van der Waals surface area contributed by atoms with Crippen molar-refractivity contribution in [3.05, 3.63) is 22.9 Å². The minimum absolute atomic E-state index is 0.0255. The summed E-state index contributed by atoms with van der Waals surface area (Å²) in [6.07, 6.45) is 0.819. The predicted molar refractivity (Wildman–Crippen MR) is 55.9 cm³/mol. The van der Waals surface area contributed by atoms with E-state index in [1.165, 1.54) is 4.90 Å². The van der Waals surface area contributed by atoms with Crippen LogP contribution in [0, 0.1) is 0 Å². The van der Waals surface area contributed by atoms with E-state index in [2.05, 4.69) is 0 Å². The summed E-state index contributed by atoms with van der Waals surface area (Å²) in [5, 5.41) is 4.08. The van der Waals surface area contributed by atoms with Crippen molar-refractivity contribution in [2.45, 2.75) is 19.8 Å². The van der Waals surface area contributed by atoms with Gasteiger partial charge in [0.25, 0.3) is 0 Å². The zero-order chi connectivity index (χ0) is 10.4. The molecule has 1 fully saturated rings. The number of nitrogens with zero attached hydrogens (tertiary/aromatic N) is 1. The number of thiophene rings is 1.